The van der Waals surface area contributed by atoms with Crippen molar-refractivity contribution in [2.24, 2.45) is 5.10 Å². The van der Waals surface area contributed by atoms with E-state index in [9.17, 15) is 0 Å². The van der Waals surface area contributed by atoms with Crippen LogP contribution < -0.4 is 5.43 Å². The summed E-state index contributed by atoms with van der Waals surface area (Å²) in [7, 11) is 0. The summed E-state index contributed by atoms with van der Waals surface area (Å²) in [6.45, 7) is 3.92. The van der Waals surface area contributed by atoms with Crippen LogP contribution in [0.5, 0.6) is 0 Å². The van der Waals surface area contributed by atoms with Crippen molar-refractivity contribution in [3.63, 3.8) is 0 Å². The number of aromatic nitrogens is 2. The van der Waals surface area contributed by atoms with Gasteiger partial charge in [-0.15, -0.1) is 0 Å². The van der Waals surface area contributed by atoms with Crippen LogP contribution in [0.2, 0.25) is 0 Å². The lowest BCUT2D eigenvalue weighted by atomic mass is 10.1. The standard InChI is InChI=1S/C21H18N4O/c1-14-10-11-17-18(13-14)22-21(23-20(17)16-7-4-3-5-8-16)25-24-15(2)19-9-6-12-26-19/h3-13H,1-2H3,(H,22,23,25). The molecule has 0 saturated carbocycles. The Morgan fingerprint density at radius 2 is 1.85 bits per heavy atom. The molecule has 0 aliphatic rings. The van der Waals surface area contributed by atoms with E-state index < -0.39 is 0 Å². The second-order valence-corrected chi connectivity index (χ2v) is 6.07. The molecule has 1 N–H and O–H groups in total. The minimum Gasteiger partial charge on any atom is -0.463 e. The number of anilines is 1. The van der Waals surface area contributed by atoms with Gasteiger partial charge in [0.1, 0.15) is 11.5 Å². The van der Waals surface area contributed by atoms with Crippen LogP contribution >= 0.6 is 0 Å². The van der Waals surface area contributed by atoms with Gasteiger partial charge in [-0.05, 0) is 37.6 Å². The van der Waals surface area contributed by atoms with Crippen molar-refractivity contribution < 1.29 is 4.42 Å². The van der Waals surface area contributed by atoms with Crippen LogP contribution in [0.4, 0.5) is 5.95 Å². The fraction of sp³-hybridized carbons (Fsp3) is 0.0952. The quantitative estimate of drug-likeness (QED) is 0.417. The number of rotatable bonds is 4. The van der Waals surface area contributed by atoms with Crippen molar-refractivity contribution in [3.05, 3.63) is 78.3 Å². The zero-order chi connectivity index (χ0) is 17.9. The van der Waals surface area contributed by atoms with E-state index in [1.807, 2.05) is 49.4 Å². The molecule has 5 heteroatoms. The summed E-state index contributed by atoms with van der Waals surface area (Å²) in [5.74, 6) is 1.16. The van der Waals surface area contributed by atoms with Gasteiger partial charge in [0, 0.05) is 10.9 Å². The van der Waals surface area contributed by atoms with Crippen molar-refractivity contribution in [1.29, 1.82) is 0 Å². The molecule has 0 aliphatic carbocycles. The lowest BCUT2D eigenvalue weighted by Gasteiger charge is -2.09. The highest BCUT2D eigenvalue weighted by Crippen LogP contribution is 2.27. The van der Waals surface area contributed by atoms with Crippen molar-refractivity contribution in [2.45, 2.75) is 13.8 Å². The SMILES string of the molecule is CC(=NNc1nc(-c2ccccc2)c2ccc(C)cc2n1)c1ccco1. The maximum absolute atomic E-state index is 5.35. The molecule has 4 aromatic rings. The van der Waals surface area contributed by atoms with Gasteiger partial charge >= 0.3 is 0 Å². The molecule has 128 valence electrons. The van der Waals surface area contributed by atoms with Gasteiger partial charge in [-0.1, -0.05) is 42.5 Å². The van der Waals surface area contributed by atoms with Gasteiger partial charge < -0.3 is 4.42 Å². The molecule has 0 amide bonds. The first-order chi connectivity index (χ1) is 12.7. The van der Waals surface area contributed by atoms with E-state index in [4.69, 9.17) is 9.40 Å². The number of fused-ring (bicyclic) bond motifs is 1. The molecule has 0 fully saturated rings. The van der Waals surface area contributed by atoms with Crippen LogP contribution in [-0.4, -0.2) is 15.7 Å². The first-order valence-corrected chi connectivity index (χ1v) is 8.39. The minimum absolute atomic E-state index is 0.452. The van der Waals surface area contributed by atoms with Crippen LogP contribution in [0.15, 0.2) is 76.4 Å². The average Bonchev–Trinajstić information content (AvgIpc) is 3.21. The summed E-state index contributed by atoms with van der Waals surface area (Å²) >= 11 is 0. The van der Waals surface area contributed by atoms with E-state index in [1.165, 1.54) is 0 Å². The van der Waals surface area contributed by atoms with Gasteiger partial charge in [-0.3, -0.25) is 0 Å². The predicted molar refractivity (Wildman–Crippen MR) is 104 cm³/mol. The number of furan rings is 1. The molecule has 26 heavy (non-hydrogen) atoms. The minimum atomic E-state index is 0.452. The zero-order valence-electron chi connectivity index (χ0n) is 14.6. The number of nitrogens with zero attached hydrogens (tertiary/aromatic N) is 3. The second-order valence-electron chi connectivity index (χ2n) is 6.07. The summed E-state index contributed by atoms with van der Waals surface area (Å²) in [5, 5.41) is 5.36. The maximum Gasteiger partial charge on any atom is 0.244 e. The van der Waals surface area contributed by atoms with Gasteiger partial charge in [0.2, 0.25) is 5.95 Å². The Labute approximate surface area is 151 Å². The molecule has 0 aliphatic heterocycles. The van der Waals surface area contributed by atoms with Gasteiger partial charge in [-0.2, -0.15) is 5.10 Å². The van der Waals surface area contributed by atoms with Gasteiger partial charge in [0.25, 0.3) is 0 Å². The van der Waals surface area contributed by atoms with Crippen LogP contribution in [0.1, 0.15) is 18.2 Å². The number of benzene rings is 2. The van der Waals surface area contributed by atoms with E-state index >= 15 is 0 Å². The summed E-state index contributed by atoms with van der Waals surface area (Å²) < 4.78 is 5.35. The summed E-state index contributed by atoms with van der Waals surface area (Å²) in [5.41, 5.74) is 7.64. The van der Waals surface area contributed by atoms with Crippen molar-refractivity contribution in [1.82, 2.24) is 9.97 Å². The van der Waals surface area contributed by atoms with E-state index in [2.05, 4.69) is 40.6 Å². The molecule has 5 nitrogen and oxygen atoms in total. The predicted octanol–water partition coefficient (Wildman–Crippen LogP) is 5.03. The molecule has 2 aromatic heterocycles. The molecule has 0 unspecified atom stereocenters. The smallest absolute Gasteiger partial charge is 0.244 e. The monoisotopic (exact) mass is 342 g/mol. The Bertz CT molecular complexity index is 1070. The number of hydrogen-bond acceptors (Lipinski definition) is 5. The van der Waals surface area contributed by atoms with Gasteiger partial charge in [0.15, 0.2) is 0 Å². The number of hydrogen-bond donors (Lipinski definition) is 1. The van der Waals surface area contributed by atoms with Gasteiger partial charge in [0.05, 0.1) is 17.5 Å². The number of nitrogens with one attached hydrogen (secondary N) is 1. The van der Waals surface area contributed by atoms with E-state index in [0.717, 1.165) is 33.4 Å². The molecule has 2 heterocycles. The van der Waals surface area contributed by atoms with Crippen LogP contribution in [0.25, 0.3) is 22.2 Å². The van der Waals surface area contributed by atoms with Gasteiger partial charge in [-0.25, -0.2) is 15.4 Å². The Morgan fingerprint density at radius 1 is 1.00 bits per heavy atom. The van der Waals surface area contributed by atoms with Crippen LogP contribution in [0.3, 0.4) is 0 Å². The van der Waals surface area contributed by atoms with E-state index in [0.29, 0.717) is 11.7 Å². The van der Waals surface area contributed by atoms with Crippen LogP contribution in [-0.2, 0) is 0 Å². The Morgan fingerprint density at radius 3 is 2.62 bits per heavy atom. The van der Waals surface area contributed by atoms with Crippen molar-refractivity contribution in [3.8, 4) is 11.3 Å². The van der Waals surface area contributed by atoms with Crippen molar-refractivity contribution in [2.75, 3.05) is 5.43 Å². The third-order valence-electron chi connectivity index (χ3n) is 4.10. The molecule has 2 aromatic carbocycles. The molecule has 4 rings (SSSR count). The Kier molecular flexibility index (Phi) is 4.19. The third-order valence-corrected chi connectivity index (χ3v) is 4.10. The molecule has 0 saturated heterocycles. The fourth-order valence-electron chi connectivity index (χ4n) is 2.78. The normalized spacial score (nSPS) is 11.7. The molecule has 0 atom stereocenters. The van der Waals surface area contributed by atoms with E-state index in [1.54, 1.807) is 6.26 Å². The zero-order valence-corrected chi connectivity index (χ0v) is 14.6. The molecule has 0 bridgehead atoms. The van der Waals surface area contributed by atoms with E-state index in [-0.39, 0.29) is 0 Å². The summed E-state index contributed by atoms with van der Waals surface area (Å²) in [4.78, 5) is 9.31. The second kappa shape index (κ2) is 6.80. The van der Waals surface area contributed by atoms with Crippen LogP contribution in [0, 0.1) is 6.92 Å². The molecular formula is C21H18N4O. The highest BCUT2D eigenvalue weighted by Gasteiger charge is 2.10. The largest absolute Gasteiger partial charge is 0.463 e. The highest BCUT2D eigenvalue weighted by atomic mass is 16.3. The number of hydrazone groups is 1. The molecule has 0 spiro atoms. The average molecular weight is 342 g/mol. The summed E-state index contributed by atoms with van der Waals surface area (Å²) in [6.07, 6.45) is 1.62. The first-order valence-electron chi connectivity index (χ1n) is 8.39. The molecule has 0 radical (unpaired) electrons. The lowest BCUT2D eigenvalue weighted by Crippen LogP contribution is -2.03. The first kappa shape index (κ1) is 16.0. The Balaban J connectivity index is 1.79. The maximum atomic E-state index is 5.35. The Hall–Kier alpha value is -3.47. The fourth-order valence-corrected chi connectivity index (χ4v) is 2.78. The topological polar surface area (TPSA) is 63.3 Å². The molecular weight excluding hydrogens is 324 g/mol. The summed E-state index contributed by atoms with van der Waals surface area (Å²) in [6, 6.07) is 20.0. The van der Waals surface area contributed by atoms with Crippen molar-refractivity contribution >= 4 is 22.6 Å². The third kappa shape index (κ3) is 3.19. The number of aryl methyl sites for hydroxylation is 1. The highest BCUT2D eigenvalue weighted by molar-refractivity contribution is 5.97. The lowest BCUT2D eigenvalue weighted by molar-refractivity contribution is 0.557.